The van der Waals surface area contributed by atoms with E-state index in [9.17, 15) is 14.7 Å². The van der Waals surface area contributed by atoms with Gasteiger partial charge in [-0.2, -0.15) is 0 Å². The summed E-state index contributed by atoms with van der Waals surface area (Å²) in [4.78, 5) is 22.5. The van der Waals surface area contributed by atoms with Crippen molar-refractivity contribution in [2.45, 2.75) is 31.6 Å². The Morgan fingerprint density at radius 3 is 2.21 bits per heavy atom. The van der Waals surface area contributed by atoms with Crippen LogP contribution in [0.3, 0.4) is 0 Å². The lowest BCUT2D eigenvalue weighted by Gasteiger charge is -2.40. The first-order valence-corrected chi connectivity index (χ1v) is 6.45. The summed E-state index contributed by atoms with van der Waals surface area (Å²) in [6.45, 7) is 2.02. The van der Waals surface area contributed by atoms with E-state index in [1.54, 1.807) is 0 Å². The molecule has 0 heterocycles. The molecule has 0 aliphatic heterocycles. The molecule has 0 aromatic heterocycles. The highest BCUT2D eigenvalue weighted by Crippen LogP contribution is 2.44. The molecule has 0 amide bonds. The monoisotopic (exact) mass is 262 g/mol. The molecule has 102 valence electrons. The molecule has 1 aromatic rings. The molecule has 4 heteroatoms. The van der Waals surface area contributed by atoms with Gasteiger partial charge in [0.25, 0.3) is 0 Å². The number of carboxylic acids is 2. The van der Waals surface area contributed by atoms with E-state index in [1.165, 1.54) is 0 Å². The van der Waals surface area contributed by atoms with Crippen molar-refractivity contribution in [2.75, 3.05) is 0 Å². The van der Waals surface area contributed by atoms with Crippen LogP contribution in [-0.4, -0.2) is 22.2 Å². The van der Waals surface area contributed by atoms with Crippen LogP contribution in [0.4, 0.5) is 0 Å². The molecule has 2 rings (SSSR count). The first-order valence-electron chi connectivity index (χ1n) is 6.45. The van der Waals surface area contributed by atoms with E-state index < -0.39 is 23.8 Å². The van der Waals surface area contributed by atoms with Gasteiger partial charge in [0.2, 0.25) is 0 Å². The van der Waals surface area contributed by atoms with E-state index in [4.69, 9.17) is 5.11 Å². The molecule has 4 nitrogen and oxygen atoms in total. The summed E-state index contributed by atoms with van der Waals surface area (Å²) in [6, 6.07) is 9.75. The zero-order chi connectivity index (χ0) is 14.0. The van der Waals surface area contributed by atoms with E-state index in [0.717, 1.165) is 5.56 Å². The van der Waals surface area contributed by atoms with E-state index in [-0.39, 0.29) is 5.41 Å². The van der Waals surface area contributed by atoms with Gasteiger partial charge in [-0.15, -0.1) is 0 Å². The van der Waals surface area contributed by atoms with Crippen molar-refractivity contribution in [3.63, 3.8) is 0 Å². The van der Waals surface area contributed by atoms with E-state index in [1.807, 2.05) is 37.3 Å². The van der Waals surface area contributed by atoms with Crippen LogP contribution in [0, 0.1) is 11.8 Å². The second-order valence-electron chi connectivity index (χ2n) is 5.56. The fraction of sp³-hybridized carbons (Fsp3) is 0.467. The van der Waals surface area contributed by atoms with Gasteiger partial charge in [0.05, 0.1) is 11.8 Å². The summed E-state index contributed by atoms with van der Waals surface area (Å²) >= 11 is 0. The molecule has 3 atom stereocenters. The first-order chi connectivity index (χ1) is 8.94. The van der Waals surface area contributed by atoms with E-state index >= 15 is 0 Å². The number of aliphatic carboxylic acids is 2. The Labute approximate surface area is 112 Å². The Morgan fingerprint density at radius 2 is 1.68 bits per heavy atom. The Kier molecular flexibility index (Phi) is 3.60. The number of carbonyl (C=O) groups is 2. The highest BCUT2D eigenvalue weighted by atomic mass is 16.4. The normalized spacial score (nSPS) is 30.8. The van der Waals surface area contributed by atoms with Gasteiger partial charge in [-0.3, -0.25) is 9.59 Å². The van der Waals surface area contributed by atoms with Gasteiger partial charge in [0.15, 0.2) is 0 Å². The standard InChI is InChI=1S/C15H18O4/c1-15(10-5-3-2-4-6-10)8-7-11(13(16)17)12(9-15)14(18)19/h2-6,11-12H,7-9H2,1H3,(H,16,17)(H,18,19)/t11-,12+,15+/m1/s1. The van der Waals surface area contributed by atoms with Gasteiger partial charge in [0.1, 0.15) is 0 Å². The summed E-state index contributed by atoms with van der Waals surface area (Å²) in [5.41, 5.74) is 0.834. The largest absolute Gasteiger partial charge is 0.481 e. The van der Waals surface area contributed by atoms with Crippen LogP contribution in [0.15, 0.2) is 30.3 Å². The minimum Gasteiger partial charge on any atom is -0.481 e. The summed E-state index contributed by atoms with van der Waals surface area (Å²) < 4.78 is 0. The highest BCUT2D eigenvalue weighted by molar-refractivity contribution is 5.80. The summed E-state index contributed by atoms with van der Waals surface area (Å²) in [7, 11) is 0. The summed E-state index contributed by atoms with van der Waals surface area (Å²) in [5, 5.41) is 18.4. The maximum Gasteiger partial charge on any atom is 0.307 e. The van der Waals surface area contributed by atoms with Crippen LogP contribution >= 0.6 is 0 Å². The van der Waals surface area contributed by atoms with Crippen molar-refractivity contribution in [3.05, 3.63) is 35.9 Å². The van der Waals surface area contributed by atoms with Gasteiger partial charge >= 0.3 is 11.9 Å². The number of rotatable bonds is 3. The lowest BCUT2D eigenvalue weighted by Crippen LogP contribution is -2.41. The number of carboxylic acid groups (broad SMARTS) is 2. The lowest BCUT2D eigenvalue weighted by molar-refractivity contribution is -0.156. The Morgan fingerprint density at radius 1 is 1.11 bits per heavy atom. The fourth-order valence-corrected chi connectivity index (χ4v) is 3.06. The average molecular weight is 262 g/mol. The molecule has 1 aliphatic carbocycles. The van der Waals surface area contributed by atoms with Crippen LogP contribution in [0.5, 0.6) is 0 Å². The van der Waals surface area contributed by atoms with Gasteiger partial charge in [-0.1, -0.05) is 37.3 Å². The number of hydrogen-bond acceptors (Lipinski definition) is 2. The van der Waals surface area contributed by atoms with Crippen molar-refractivity contribution in [2.24, 2.45) is 11.8 Å². The predicted molar refractivity (Wildman–Crippen MR) is 69.9 cm³/mol. The molecule has 1 aromatic carbocycles. The third-order valence-electron chi connectivity index (χ3n) is 4.27. The number of benzene rings is 1. The third-order valence-corrected chi connectivity index (χ3v) is 4.27. The second kappa shape index (κ2) is 5.03. The zero-order valence-electron chi connectivity index (χ0n) is 10.9. The van der Waals surface area contributed by atoms with Crippen LogP contribution in [-0.2, 0) is 15.0 Å². The van der Waals surface area contributed by atoms with Crippen LogP contribution in [0.1, 0.15) is 31.7 Å². The average Bonchev–Trinajstić information content (AvgIpc) is 2.39. The molecule has 1 saturated carbocycles. The lowest BCUT2D eigenvalue weighted by atomic mass is 9.63. The quantitative estimate of drug-likeness (QED) is 0.877. The molecule has 1 fully saturated rings. The Balaban J connectivity index is 2.28. The van der Waals surface area contributed by atoms with Gasteiger partial charge < -0.3 is 10.2 Å². The Hall–Kier alpha value is -1.84. The predicted octanol–water partition coefficient (Wildman–Crippen LogP) is 2.53. The first kappa shape index (κ1) is 13.6. The van der Waals surface area contributed by atoms with Crippen LogP contribution in [0.25, 0.3) is 0 Å². The van der Waals surface area contributed by atoms with Gasteiger partial charge in [-0.25, -0.2) is 0 Å². The van der Waals surface area contributed by atoms with E-state index in [0.29, 0.717) is 19.3 Å². The SMILES string of the molecule is C[C@]1(c2ccccc2)CC[C@@H](C(=O)O)[C@@H](C(=O)O)C1. The smallest absolute Gasteiger partial charge is 0.307 e. The third kappa shape index (κ3) is 2.62. The Bertz CT molecular complexity index is 482. The fourth-order valence-electron chi connectivity index (χ4n) is 3.06. The minimum absolute atomic E-state index is 0.254. The van der Waals surface area contributed by atoms with Crippen LogP contribution in [0.2, 0.25) is 0 Å². The van der Waals surface area contributed by atoms with Crippen molar-refractivity contribution in [3.8, 4) is 0 Å². The molecule has 0 unspecified atom stereocenters. The molecule has 0 radical (unpaired) electrons. The summed E-state index contributed by atoms with van der Waals surface area (Å²) in [6.07, 6.45) is 1.50. The molecular formula is C15H18O4. The van der Waals surface area contributed by atoms with Crippen molar-refractivity contribution in [1.82, 2.24) is 0 Å². The second-order valence-corrected chi connectivity index (χ2v) is 5.56. The zero-order valence-corrected chi connectivity index (χ0v) is 10.9. The highest BCUT2D eigenvalue weighted by Gasteiger charge is 2.44. The topological polar surface area (TPSA) is 74.6 Å². The van der Waals surface area contributed by atoms with Gasteiger partial charge in [0, 0.05) is 0 Å². The van der Waals surface area contributed by atoms with Gasteiger partial charge in [-0.05, 0) is 30.2 Å². The molecule has 0 spiro atoms. The molecule has 1 aliphatic rings. The molecule has 2 N–H and O–H groups in total. The van der Waals surface area contributed by atoms with E-state index in [2.05, 4.69) is 0 Å². The molecule has 0 saturated heterocycles. The summed E-state index contributed by atoms with van der Waals surface area (Å²) in [5.74, 6) is -3.58. The van der Waals surface area contributed by atoms with Crippen molar-refractivity contribution >= 4 is 11.9 Å². The van der Waals surface area contributed by atoms with Crippen molar-refractivity contribution < 1.29 is 19.8 Å². The maximum atomic E-state index is 11.3. The van der Waals surface area contributed by atoms with Crippen molar-refractivity contribution in [1.29, 1.82) is 0 Å². The number of hydrogen-bond donors (Lipinski definition) is 2. The molecule has 19 heavy (non-hydrogen) atoms. The molecule has 0 bridgehead atoms. The van der Waals surface area contributed by atoms with Crippen LogP contribution < -0.4 is 0 Å². The minimum atomic E-state index is -1.01. The maximum absolute atomic E-state index is 11.3. The molecular weight excluding hydrogens is 244 g/mol.